The molecule has 1 heterocycles. The summed E-state index contributed by atoms with van der Waals surface area (Å²) in [5.74, 6) is -0.514. The molecule has 23 heavy (non-hydrogen) atoms. The van der Waals surface area contributed by atoms with E-state index in [-0.39, 0.29) is 0 Å². The largest absolute Gasteiger partial charge is 0.386 e. The van der Waals surface area contributed by atoms with E-state index in [1.54, 1.807) is 24.5 Å². The molecular weight excluding hydrogens is 319 g/mol. The molecule has 0 fully saturated rings. The lowest BCUT2D eigenvalue weighted by atomic mass is 9.99. The number of pyridine rings is 1. The monoisotopic (exact) mass is 336 g/mol. The van der Waals surface area contributed by atoms with Crippen molar-refractivity contribution in [1.82, 2.24) is 10.3 Å². The van der Waals surface area contributed by atoms with Gasteiger partial charge in [-0.2, -0.15) is 0 Å². The Morgan fingerprint density at radius 3 is 2.52 bits per heavy atom. The van der Waals surface area contributed by atoms with Crippen LogP contribution in [0.2, 0.25) is 0 Å². The van der Waals surface area contributed by atoms with Gasteiger partial charge in [-0.25, -0.2) is 4.39 Å². The van der Waals surface area contributed by atoms with Gasteiger partial charge in [-0.05, 0) is 29.7 Å². The third-order valence-electron chi connectivity index (χ3n) is 3.48. The van der Waals surface area contributed by atoms with E-state index in [9.17, 15) is 14.3 Å². The van der Waals surface area contributed by atoms with Crippen LogP contribution in [0.5, 0.6) is 0 Å². The molecule has 4 nitrogen and oxygen atoms in total. The maximum Gasteiger partial charge on any atom is 0.238 e. The van der Waals surface area contributed by atoms with Crippen molar-refractivity contribution in [2.24, 2.45) is 0 Å². The Kier molecular flexibility index (Phi) is 6.07. The van der Waals surface area contributed by atoms with E-state index in [0.29, 0.717) is 5.56 Å². The van der Waals surface area contributed by atoms with Crippen molar-refractivity contribution in [3.63, 3.8) is 0 Å². The van der Waals surface area contributed by atoms with E-state index < -0.39 is 30.1 Å². The van der Waals surface area contributed by atoms with Gasteiger partial charge < -0.3 is 10.4 Å². The lowest BCUT2D eigenvalue weighted by Gasteiger charge is -2.22. The van der Waals surface area contributed by atoms with Crippen molar-refractivity contribution in [2.45, 2.75) is 24.4 Å². The van der Waals surface area contributed by atoms with E-state index in [4.69, 9.17) is 11.6 Å². The van der Waals surface area contributed by atoms with Gasteiger partial charge in [0.2, 0.25) is 5.91 Å². The summed E-state index contributed by atoms with van der Waals surface area (Å²) in [6.45, 7) is 0.599. The fraction of sp³-hybridized carbons (Fsp3) is 0.294. The van der Waals surface area contributed by atoms with Gasteiger partial charge >= 0.3 is 0 Å². The van der Waals surface area contributed by atoms with Gasteiger partial charge in [0.05, 0.1) is 6.04 Å². The fourth-order valence-corrected chi connectivity index (χ4v) is 2.20. The lowest BCUT2D eigenvalue weighted by Crippen LogP contribution is -2.43. The normalized spacial score (nSPS) is 14.8. The number of hydrogen-bond acceptors (Lipinski definition) is 3. The van der Waals surface area contributed by atoms with Crippen LogP contribution >= 0.6 is 11.6 Å². The number of rotatable bonds is 6. The smallest absolute Gasteiger partial charge is 0.238 e. The first-order chi connectivity index (χ1) is 11.0. The summed E-state index contributed by atoms with van der Waals surface area (Å²) in [4.78, 5) is 15.6. The highest BCUT2D eigenvalue weighted by atomic mass is 35.5. The molecule has 0 aliphatic heterocycles. The number of aliphatic hydroxyl groups excluding tert-OH is 1. The third-order valence-corrected chi connectivity index (χ3v) is 3.68. The number of alkyl halides is 2. The van der Waals surface area contributed by atoms with E-state index in [2.05, 4.69) is 10.3 Å². The van der Waals surface area contributed by atoms with Gasteiger partial charge in [0.1, 0.15) is 18.2 Å². The Morgan fingerprint density at radius 1 is 1.30 bits per heavy atom. The summed E-state index contributed by atoms with van der Waals surface area (Å²) >= 11 is 5.65. The van der Waals surface area contributed by atoms with Gasteiger partial charge in [0.25, 0.3) is 0 Å². The molecule has 0 bridgehead atoms. The summed E-state index contributed by atoms with van der Waals surface area (Å²) in [6, 6.07) is 9.75. The van der Waals surface area contributed by atoms with Gasteiger partial charge in [0, 0.05) is 12.4 Å². The molecule has 2 rings (SSSR count). The van der Waals surface area contributed by atoms with Crippen molar-refractivity contribution in [2.75, 3.05) is 6.67 Å². The van der Waals surface area contributed by atoms with Crippen LogP contribution in [0.4, 0.5) is 4.39 Å². The van der Waals surface area contributed by atoms with Crippen molar-refractivity contribution in [3.05, 3.63) is 54.4 Å². The number of nitrogens with one attached hydrogen (secondary N) is 1. The molecule has 6 heteroatoms. The number of carbonyl (C=O) groups is 1. The molecule has 1 aromatic heterocycles. The number of aromatic nitrogens is 1. The first-order valence-electron chi connectivity index (χ1n) is 7.21. The number of aliphatic hydroxyl groups is 1. The Balaban J connectivity index is 2.12. The predicted octanol–water partition coefficient (Wildman–Crippen LogP) is 2.86. The standard InChI is InChI=1S/C17H18ClFN2O2/c1-11(18)17(23)21-15(9-19)16(22)13-6-4-12(5-7-13)14-3-2-8-20-10-14/h2-8,10-11,15-16,22H,9H2,1H3,(H,21,23). The Hall–Kier alpha value is -1.98. The minimum Gasteiger partial charge on any atom is -0.386 e. The number of carbonyl (C=O) groups excluding carboxylic acids is 1. The molecule has 3 atom stereocenters. The van der Waals surface area contributed by atoms with Crippen LogP contribution in [0.25, 0.3) is 11.1 Å². The molecular formula is C17H18ClFN2O2. The van der Waals surface area contributed by atoms with Gasteiger partial charge in [0.15, 0.2) is 0 Å². The Labute approximate surface area is 139 Å². The molecule has 0 radical (unpaired) electrons. The van der Waals surface area contributed by atoms with Crippen molar-refractivity contribution < 1.29 is 14.3 Å². The molecule has 2 N–H and O–H groups in total. The van der Waals surface area contributed by atoms with Crippen LogP contribution in [-0.2, 0) is 4.79 Å². The van der Waals surface area contributed by atoms with Crippen LogP contribution in [0, 0.1) is 0 Å². The highest BCUT2D eigenvalue weighted by Crippen LogP contribution is 2.23. The maximum absolute atomic E-state index is 13.1. The molecule has 0 spiro atoms. The van der Waals surface area contributed by atoms with Gasteiger partial charge in [-0.3, -0.25) is 9.78 Å². The Bertz CT molecular complexity index is 635. The van der Waals surface area contributed by atoms with Gasteiger partial charge in [-0.15, -0.1) is 11.6 Å². The van der Waals surface area contributed by atoms with Crippen LogP contribution in [-0.4, -0.2) is 34.1 Å². The summed E-state index contributed by atoms with van der Waals surface area (Å²) in [7, 11) is 0. The van der Waals surface area contributed by atoms with Gasteiger partial charge in [-0.1, -0.05) is 30.3 Å². The van der Waals surface area contributed by atoms with Crippen LogP contribution in [0.3, 0.4) is 0 Å². The molecule has 2 aromatic rings. The number of nitrogens with zero attached hydrogens (tertiary/aromatic N) is 1. The quantitative estimate of drug-likeness (QED) is 0.797. The van der Waals surface area contributed by atoms with Crippen molar-refractivity contribution >= 4 is 17.5 Å². The topological polar surface area (TPSA) is 62.2 Å². The second-order valence-corrected chi connectivity index (χ2v) is 5.85. The highest BCUT2D eigenvalue weighted by molar-refractivity contribution is 6.30. The average Bonchev–Trinajstić information content (AvgIpc) is 2.59. The fourth-order valence-electron chi connectivity index (χ4n) is 2.14. The van der Waals surface area contributed by atoms with Crippen LogP contribution < -0.4 is 5.32 Å². The summed E-state index contributed by atoms with van der Waals surface area (Å²) in [6.07, 6.45) is 2.27. The summed E-state index contributed by atoms with van der Waals surface area (Å²) in [5, 5.41) is 11.9. The first kappa shape index (κ1) is 17.4. The summed E-state index contributed by atoms with van der Waals surface area (Å²) in [5.41, 5.74) is 2.40. The van der Waals surface area contributed by atoms with Crippen molar-refractivity contribution in [1.29, 1.82) is 0 Å². The maximum atomic E-state index is 13.1. The van der Waals surface area contributed by atoms with E-state index in [1.165, 1.54) is 6.92 Å². The predicted molar refractivity (Wildman–Crippen MR) is 87.9 cm³/mol. The number of amides is 1. The number of hydrogen-bond donors (Lipinski definition) is 2. The second-order valence-electron chi connectivity index (χ2n) is 5.19. The van der Waals surface area contributed by atoms with Crippen LogP contribution in [0.1, 0.15) is 18.6 Å². The van der Waals surface area contributed by atoms with Crippen LogP contribution in [0.15, 0.2) is 48.8 Å². The molecule has 1 amide bonds. The lowest BCUT2D eigenvalue weighted by molar-refractivity contribution is -0.122. The third kappa shape index (κ3) is 4.50. The molecule has 1 aromatic carbocycles. The number of halogens is 2. The number of benzene rings is 1. The molecule has 0 saturated carbocycles. The minimum atomic E-state index is -1.15. The SMILES string of the molecule is CC(Cl)C(=O)NC(CF)C(O)c1ccc(-c2cccnc2)cc1. The average molecular weight is 337 g/mol. The highest BCUT2D eigenvalue weighted by Gasteiger charge is 2.24. The molecule has 122 valence electrons. The summed E-state index contributed by atoms with van der Waals surface area (Å²) < 4.78 is 13.1. The first-order valence-corrected chi connectivity index (χ1v) is 7.65. The zero-order valence-corrected chi connectivity index (χ0v) is 13.4. The molecule has 3 unspecified atom stereocenters. The van der Waals surface area contributed by atoms with Crippen molar-refractivity contribution in [3.8, 4) is 11.1 Å². The molecule has 0 aliphatic rings. The second kappa shape index (κ2) is 8.04. The molecule has 0 aliphatic carbocycles. The van der Waals surface area contributed by atoms with E-state index >= 15 is 0 Å². The molecule has 0 saturated heterocycles. The minimum absolute atomic E-state index is 0.514. The zero-order valence-electron chi connectivity index (χ0n) is 12.6. The van der Waals surface area contributed by atoms with E-state index in [0.717, 1.165) is 11.1 Å². The Morgan fingerprint density at radius 2 is 2.00 bits per heavy atom. The zero-order chi connectivity index (χ0) is 16.8. The van der Waals surface area contributed by atoms with E-state index in [1.807, 2.05) is 24.3 Å².